The van der Waals surface area contributed by atoms with E-state index in [2.05, 4.69) is 29.6 Å². The van der Waals surface area contributed by atoms with Gasteiger partial charge in [0.2, 0.25) is 5.91 Å². The predicted molar refractivity (Wildman–Crippen MR) is 79.4 cm³/mol. The third-order valence-electron chi connectivity index (χ3n) is 3.54. The molecule has 0 fully saturated rings. The molecule has 2 heteroatoms. The molecule has 0 saturated carbocycles. The molecule has 2 nitrogen and oxygen atoms in total. The number of carbonyl (C=O) groups is 1. The first-order chi connectivity index (χ1) is 8.98. The molecule has 1 N–H and O–H groups in total. The minimum Gasteiger partial charge on any atom is -0.329 e. The Kier molecular flexibility index (Phi) is 4.08. The normalized spacial score (nSPS) is 16.4. The fourth-order valence-electron chi connectivity index (χ4n) is 2.33. The van der Waals surface area contributed by atoms with Crippen LogP contribution in [0.1, 0.15) is 52.0 Å². The molecule has 0 radical (unpaired) electrons. The molecule has 2 rings (SSSR count). The summed E-state index contributed by atoms with van der Waals surface area (Å²) in [6.45, 7) is 5.86. The van der Waals surface area contributed by atoms with Gasteiger partial charge in [0.1, 0.15) is 0 Å². The Morgan fingerprint density at radius 2 is 1.68 bits per heavy atom. The molecule has 0 saturated heterocycles. The maximum atomic E-state index is 12.2. The van der Waals surface area contributed by atoms with Crippen molar-refractivity contribution in [2.24, 2.45) is 5.41 Å². The van der Waals surface area contributed by atoms with Gasteiger partial charge in [0.05, 0.1) is 0 Å². The molecule has 1 aromatic rings. The van der Waals surface area contributed by atoms with Crippen LogP contribution in [0.25, 0.3) is 5.57 Å². The maximum Gasteiger partial charge on any atom is 0.229 e. The Morgan fingerprint density at radius 3 is 2.32 bits per heavy atom. The van der Waals surface area contributed by atoms with Gasteiger partial charge < -0.3 is 5.32 Å². The van der Waals surface area contributed by atoms with Gasteiger partial charge in [-0.05, 0) is 36.8 Å². The molecule has 0 unspecified atom stereocenters. The van der Waals surface area contributed by atoms with Crippen LogP contribution >= 0.6 is 0 Å². The first-order valence-electron chi connectivity index (χ1n) is 7.07. The average Bonchev–Trinajstić information content (AvgIpc) is 2.39. The first kappa shape index (κ1) is 13.9. The molecule has 0 heterocycles. The number of hydrogen-bond donors (Lipinski definition) is 1. The molecule has 0 bridgehead atoms. The van der Waals surface area contributed by atoms with E-state index in [9.17, 15) is 4.79 Å². The molecule has 0 spiro atoms. The Balaban J connectivity index is 2.28. The minimum atomic E-state index is -0.341. The number of nitrogens with one attached hydrogen (secondary N) is 1. The van der Waals surface area contributed by atoms with Crippen molar-refractivity contribution in [3.05, 3.63) is 41.6 Å². The number of benzene rings is 1. The zero-order valence-corrected chi connectivity index (χ0v) is 12.1. The second-order valence-electron chi connectivity index (χ2n) is 6.23. The van der Waals surface area contributed by atoms with E-state index in [1.165, 1.54) is 17.6 Å². The van der Waals surface area contributed by atoms with Gasteiger partial charge >= 0.3 is 0 Å². The van der Waals surface area contributed by atoms with Gasteiger partial charge in [0.25, 0.3) is 0 Å². The quantitative estimate of drug-likeness (QED) is 0.848. The van der Waals surface area contributed by atoms with Crippen LogP contribution in [0.3, 0.4) is 0 Å². The lowest BCUT2D eigenvalue weighted by Gasteiger charge is -2.25. The zero-order valence-electron chi connectivity index (χ0n) is 12.1. The molecule has 0 atom stereocenters. The van der Waals surface area contributed by atoms with Crippen molar-refractivity contribution in [2.75, 3.05) is 0 Å². The molecule has 0 aromatic heterocycles. The highest BCUT2D eigenvalue weighted by atomic mass is 16.2. The minimum absolute atomic E-state index is 0.109. The summed E-state index contributed by atoms with van der Waals surface area (Å²) in [5.74, 6) is 0.109. The average molecular weight is 257 g/mol. The number of hydrogen-bond acceptors (Lipinski definition) is 1. The number of allylic oxidation sites excluding steroid dienone is 2. The van der Waals surface area contributed by atoms with Gasteiger partial charge in [0, 0.05) is 11.1 Å². The SMILES string of the molecule is CC(C)(C)C(=O)NC1=C(c2ccccc2)CCCC1. The summed E-state index contributed by atoms with van der Waals surface area (Å²) in [6.07, 6.45) is 4.41. The molecule has 1 amide bonds. The van der Waals surface area contributed by atoms with Crippen LogP contribution in [0.4, 0.5) is 0 Å². The molecule has 0 aliphatic heterocycles. The van der Waals surface area contributed by atoms with Crippen LogP contribution < -0.4 is 5.32 Å². The van der Waals surface area contributed by atoms with Crippen LogP contribution in [0.5, 0.6) is 0 Å². The zero-order chi connectivity index (χ0) is 13.9. The van der Waals surface area contributed by atoms with E-state index in [1.807, 2.05) is 26.8 Å². The van der Waals surface area contributed by atoms with Gasteiger partial charge in [-0.15, -0.1) is 0 Å². The van der Waals surface area contributed by atoms with Crippen molar-refractivity contribution in [3.63, 3.8) is 0 Å². The van der Waals surface area contributed by atoms with Gasteiger partial charge in [-0.3, -0.25) is 4.79 Å². The summed E-state index contributed by atoms with van der Waals surface area (Å²) in [6, 6.07) is 10.4. The van der Waals surface area contributed by atoms with Gasteiger partial charge in [0.15, 0.2) is 0 Å². The third-order valence-corrected chi connectivity index (χ3v) is 3.54. The Morgan fingerprint density at radius 1 is 1.05 bits per heavy atom. The van der Waals surface area contributed by atoms with Crippen molar-refractivity contribution in [1.29, 1.82) is 0 Å². The van der Waals surface area contributed by atoms with Crippen molar-refractivity contribution < 1.29 is 4.79 Å². The molecular formula is C17H23NO. The van der Waals surface area contributed by atoms with Crippen LogP contribution in [0.15, 0.2) is 36.0 Å². The van der Waals surface area contributed by atoms with E-state index in [0.29, 0.717) is 0 Å². The lowest BCUT2D eigenvalue weighted by atomic mass is 9.89. The lowest BCUT2D eigenvalue weighted by molar-refractivity contribution is -0.127. The second kappa shape index (κ2) is 5.60. The summed E-state index contributed by atoms with van der Waals surface area (Å²) >= 11 is 0. The summed E-state index contributed by atoms with van der Waals surface area (Å²) in [5.41, 5.74) is 3.33. The monoisotopic (exact) mass is 257 g/mol. The van der Waals surface area contributed by atoms with E-state index >= 15 is 0 Å². The standard InChI is InChI=1S/C17H23NO/c1-17(2,3)16(19)18-15-12-8-7-11-14(15)13-9-5-4-6-10-13/h4-6,9-10H,7-8,11-12H2,1-3H3,(H,18,19). The van der Waals surface area contributed by atoms with E-state index in [-0.39, 0.29) is 11.3 Å². The van der Waals surface area contributed by atoms with E-state index in [4.69, 9.17) is 0 Å². The number of amides is 1. The van der Waals surface area contributed by atoms with Crippen molar-refractivity contribution >= 4 is 11.5 Å². The highest BCUT2D eigenvalue weighted by molar-refractivity contribution is 5.85. The summed E-state index contributed by atoms with van der Waals surface area (Å²) in [4.78, 5) is 12.2. The third kappa shape index (κ3) is 3.46. The van der Waals surface area contributed by atoms with Crippen molar-refractivity contribution in [2.45, 2.75) is 46.5 Å². The highest BCUT2D eigenvalue weighted by Crippen LogP contribution is 2.31. The predicted octanol–water partition coefficient (Wildman–Crippen LogP) is 4.13. The summed E-state index contributed by atoms with van der Waals surface area (Å²) in [7, 11) is 0. The maximum absolute atomic E-state index is 12.2. The molecule has 1 aromatic carbocycles. The number of rotatable bonds is 2. The molecule has 19 heavy (non-hydrogen) atoms. The molecule has 1 aliphatic carbocycles. The van der Waals surface area contributed by atoms with Crippen LogP contribution in [0.2, 0.25) is 0 Å². The van der Waals surface area contributed by atoms with Crippen LogP contribution in [-0.4, -0.2) is 5.91 Å². The molecule has 102 valence electrons. The fraction of sp³-hybridized carbons (Fsp3) is 0.471. The van der Waals surface area contributed by atoms with Gasteiger partial charge in [-0.2, -0.15) is 0 Å². The largest absolute Gasteiger partial charge is 0.329 e. The van der Waals surface area contributed by atoms with E-state index in [0.717, 1.165) is 25.0 Å². The highest BCUT2D eigenvalue weighted by Gasteiger charge is 2.24. The van der Waals surface area contributed by atoms with E-state index < -0.39 is 0 Å². The van der Waals surface area contributed by atoms with E-state index in [1.54, 1.807) is 0 Å². The summed E-state index contributed by atoms with van der Waals surface area (Å²) < 4.78 is 0. The Hall–Kier alpha value is -1.57. The Labute approximate surface area is 115 Å². The molecular weight excluding hydrogens is 234 g/mol. The van der Waals surface area contributed by atoms with Crippen LogP contribution in [-0.2, 0) is 4.79 Å². The number of carbonyl (C=O) groups excluding carboxylic acids is 1. The smallest absolute Gasteiger partial charge is 0.229 e. The Bertz CT molecular complexity index is 480. The topological polar surface area (TPSA) is 29.1 Å². The van der Waals surface area contributed by atoms with Gasteiger partial charge in [-0.1, -0.05) is 51.1 Å². The second-order valence-corrected chi connectivity index (χ2v) is 6.23. The lowest BCUT2D eigenvalue weighted by Crippen LogP contribution is -2.35. The fourth-order valence-corrected chi connectivity index (χ4v) is 2.33. The van der Waals surface area contributed by atoms with Crippen LogP contribution in [0, 0.1) is 5.41 Å². The van der Waals surface area contributed by atoms with Crippen molar-refractivity contribution in [3.8, 4) is 0 Å². The van der Waals surface area contributed by atoms with Gasteiger partial charge in [-0.25, -0.2) is 0 Å². The first-order valence-corrected chi connectivity index (χ1v) is 7.07. The summed E-state index contributed by atoms with van der Waals surface area (Å²) in [5, 5.41) is 3.15. The molecule has 1 aliphatic rings. The van der Waals surface area contributed by atoms with Crippen molar-refractivity contribution in [1.82, 2.24) is 5.32 Å².